The third kappa shape index (κ3) is 3.64. The summed E-state index contributed by atoms with van der Waals surface area (Å²) in [6, 6.07) is 0.459. The van der Waals surface area contributed by atoms with Crippen molar-refractivity contribution in [1.82, 2.24) is 9.88 Å². The number of nitrogens with zero attached hydrogens (tertiary/aromatic N) is 2. The fraction of sp³-hybridized carbons (Fsp3) is 0.643. The van der Waals surface area contributed by atoms with Gasteiger partial charge in [0, 0.05) is 19.1 Å². The summed E-state index contributed by atoms with van der Waals surface area (Å²) in [5.74, 6) is -6.25. The average molecular weight is 305 g/mol. The van der Waals surface area contributed by atoms with E-state index in [0.29, 0.717) is 12.6 Å². The topological polar surface area (TPSA) is 28.2 Å². The summed E-state index contributed by atoms with van der Waals surface area (Å²) in [5.41, 5.74) is -0.787. The van der Waals surface area contributed by atoms with Gasteiger partial charge in [-0.2, -0.15) is 22.5 Å². The lowest BCUT2D eigenvalue weighted by Gasteiger charge is -2.35. The van der Waals surface area contributed by atoms with E-state index in [9.17, 15) is 17.6 Å². The molecule has 1 N–H and O–H groups in total. The van der Waals surface area contributed by atoms with Crippen molar-refractivity contribution in [3.63, 3.8) is 0 Å². The average Bonchev–Trinajstić information content (AvgIpc) is 2.49. The van der Waals surface area contributed by atoms with Crippen molar-refractivity contribution in [2.75, 3.05) is 25.0 Å². The minimum absolute atomic E-state index is 0.216. The van der Waals surface area contributed by atoms with Gasteiger partial charge in [0.05, 0.1) is 0 Å². The molecular weight excluding hydrogens is 286 g/mol. The van der Waals surface area contributed by atoms with Gasteiger partial charge in [-0.15, -0.1) is 0 Å². The molecule has 7 heteroatoms. The van der Waals surface area contributed by atoms with E-state index in [1.54, 1.807) is 0 Å². The molecule has 0 aromatic carbocycles. The lowest BCUT2D eigenvalue weighted by Crippen LogP contribution is -2.41. The Balaban J connectivity index is 1.97. The summed E-state index contributed by atoms with van der Waals surface area (Å²) >= 11 is 0. The van der Waals surface area contributed by atoms with Gasteiger partial charge >= 0.3 is 0 Å². The summed E-state index contributed by atoms with van der Waals surface area (Å²) in [6.07, 6.45) is 4.41. The zero-order chi connectivity index (χ0) is 15.4. The molecule has 1 fully saturated rings. The molecule has 118 valence electrons. The fourth-order valence-electron chi connectivity index (χ4n) is 2.78. The summed E-state index contributed by atoms with van der Waals surface area (Å²) in [6.45, 7) is 3.82. The predicted octanol–water partition coefficient (Wildman–Crippen LogP) is 3.31. The molecule has 1 unspecified atom stereocenters. The zero-order valence-corrected chi connectivity index (χ0v) is 11.9. The lowest BCUT2D eigenvalue weighted by molar-refractivity contribution is 0.150. The van der Waals surface area contributed by atoms with Crippen molar-refractivity contribution in [2.24, 2.45) is 0 Å². The van der Waals surface area contributed by atoms with Crippen molar-refractivity contribution in [1.29, 1.82) is 0 Å². The minimum Gasteiger partial charge on any atom is -0.379 e. The van der Waals surface area contributed by atoms with E-state index in [0.717, 1.165) is 25.8 Å². The van der Waals surface area contributed by atoms with Crippen LogP contribution in [0.5, 0.6) is 0 Å². The van der Waals surface area contributed by atoms with E-state index < -0.39 is 29.2 Å². The Labute approximate surface area is 121 Å². The summed E-state index contributed by atoms with van der Waals surface area (Å²) in [5, 5.41) is 2.44. The second kappa shape index (κ2) is 7.06. The monoisotopic (exact) mass is 305 g/mol. The largest absolute Gasteiger partial charge is 0.379 e. The Bertz CT molecular complexity index is 469. The second-order valence-electron chi connectivity index (χ2n) is 5.22. The van der Waals surface area contributed by atoms with Crippen LogP contribution in [0.25, 0.3) is 0 Å². The van der Waals surface area contributed by atoms with Crippen LogP contribution in [0.4, 0.5) is 23.2 Å². The maximum Gasteiger partial charge on any atom is 0.253 e. The van der Waals surface area contributed by atoms with Crippen LogP contribution in [0.1, 0.15) is 32.6 Å². The number of likely N-dealkylation sites (tertiary alicyclic amines) is 1. The summed E-state index contributed by atoms with van der Waals surface area (Å²) < 4.78 is 52.8. The number of aromatic nitrogens is 1. The molecular formula is C14H19F4N3. The number of rotatable bonds is 5. The normalized spacial score (nSPS) is 19.8. The van der Waals surface area contributed by atoms with Crippen molar-refractivity contribution >= 4 is 5.69 Å². The van der Waals surface area contributed by atoms with Gasteiger partial charge in [0.15, 0.2) is 0 Å². The first-order valence-electron chi connectivity index (χ1n) is 7.22. The molecule has 0 saturated carbocycles. The highest BCUT2D eigenvalue weighted by Gasteiger charge is 2.22. The highest BCUT2D eigenvalue weighted by Crippen LogP contribution is 2.22. The number of nitrogens with one attached hydrogen (secondary N) is 1. The van der Waals surface area contributed by atoms with Crippen molar-refractivity contribution in [3.8, 4) is 0 Å². The van der Waals surface area contributed by atoms with Crippen LogP contribution in [-0.2, 0) is 0 Å². The third-order valence-corrected chi connectivity index (χ3v) is 3.92. The molecule has 1 aromatic heterocycles. The number of piperidine rings is 1. The SMILES string of the molecule is CCC1CCCCN1CCNc1c(F)c(F)nc(F)c1F. The molecule has 3 nitrogen and oxygen atoms in total. The van der Waals surface area contributed by atoms with Gasteiger partial charge in [-0.3, -0.25) is 4.90 Å². The van der Waals surface area contributed by atoms with E-state index in [1.807, 2.05) is 0 Å². The highest BCUT2D eigenvalue weighted by molar-refractivity contribution is 5.45. The van der Waals surface area contributed by atoms with Crippen LogP contribution in [0, 0.1) is 23.5 Å². The van der Waals surface area contributed by atoms with E-state index in [4.69, 9.17) is 0 Å². The van der Waals surface area contributed by atoms with Crippen LogP contribution < -0.4 is 5.32 Å². The Hall–Kier alpha value is -1.37. The molecule has 0 aliphatic carbocycles. The molecule has 0 spiro atoms. The lowest BCUT2D eigenvalue weighted by atomic mass is 10.0. The molecule has 0 bridgehead atoms. The number of pyridine rings is 1. The molecule has 2 heterocycles. The number of hydrogen-bond acceptors (Lipinski definition) is 3. The van der Waals surface area contributed by atoms with Crippen molar-refractivity contribution < 1.29 is 17.6 Å². The summed E-state index contributed by atoms with van der Waals surface area (Å²) in [7, 11) is 0. The molecule has 1 aromatic rings. The van der Waals surface area contributed by atoms with E-state index in [2.05, 4.69) is 22.1 Å². The van der Waals surface area contributed by atoms with Crippen molar-refractivity contribution in [2.45, 2.75) is 38.6 Å². The Morgan fingerprint density at radius 2 is 1.81 bits per heavy atom. The van der Waals surface area contributed by atoms with E-state index >= 15 is 0 Å². The molecule has 1 atom stereocenters. The van der Waals surface area contributed by atoms with Crippen molar-refractivity contribution in [3.05, 3.63) is 23.5 Å². The third-order valence-electron chi connectivity index (χ3n) is 3.92. The predicted molar refractivity (Wildman–Crippen MR) is 72.1 cm³/mol. The molecule has 0 amide bonds. The Morgan fingerprint density at radius 1 is 1.14 bits per heavy atom. The van der Waals surface area contributed by atoms with Crippen LogP contribution in [0.2, 0.25) is 0 Å². The maximum atomic E-state index is 13.4. The van der Waals surface area contributed by atoms with Crippen LogP contribution >= 0.6 is 0 Å². The molecule has 1 saturated heterocycles. The van der Waals surface area contributed by atoms with Gasteiger partial charge < -0.3 is 5.32 Å². The van der Waals surface area contributed by atoms with Gasteiger partial charge in [0.25, 0.3) is 11.9 Å². The number of anilines is 1. The first-order chi connectivity index (χ1) is 10.0. The quantitative estimate of drug-likeness (QED) is 0.668. The van der Waals surface area contributed by atoms with Gasteiger partial charge in [-0.05, 0) is 25.8 Å². The molecule has 0 radical (unpaired) electrons. The fourth-order valence-corrected chi connectivity index (χ4v) is 2.78. The van der Waals surface area contributed by atoms with Crippen LogP contribution in [0.3, 0.4) is 0 Å². The van der Waals surface area contributed by atoms with E-state index in [-0.39, 0.29) is 6.54 Å². The van der Waals surface area contributed by atoms with Crippen LogP contribution in [-0.4, -0.2) is 35.6 Å². The van der Waals surface area contributed by atoms with Gasteiger partial charge in [-0.25, -0.2) is 0 Å². The molecule has 1 aliphatic heterocycles. The number of hydrogen-bond donors (Lipinski definition) is 1. The Morgan fingerprint density at radius 3 is 2.43 bits per heavy atom. The first kappa shape index (κ1) is 16.0. The van der Waals surface area contributed by atoms with Gasteiger partial charge in [-0.1, -0.05) is 13.3 Å². The molecule has 21 heavy (non-hydrogen) atoms. The second-order valence-corrected chi connectivity index (χ2v) is 5.22. The standard InChI is InChI=1S/C14H19F4N3/c1-2-9-5-3-4-7-21(9)8-6-19-12-10(15)13(17)20-14(18)11(12)16/h9H,2-8H2,1H3,(H,19,20). The number of halogens is 4. The van der Waals surface area contributed by atoms with Gasteiger partial charge in [0.2, 0.25) is 11.6 Å². The first-order valence-corrected chi connectivity index (χ1v) is 7.22. The summed E-state index contributed by atoms with van der Waals surface area (Å²) in [4.78, 5) is 4.76. The smallest absolute Gasteiger partial charge is 0.253 e. The zero-order valence-electron chi connectivity index (χ0n) is 11.9. The van der Waals surface area contributed by atoms with Gasteiger partial charge in [0.1, 0.15) is 5.69 Å². The molecule has 2 rings (SSSR count). The molecule has 1 aliphatic rings. The van der Waals surface area contributed by atoms with Crippen LogP contribution in [0.15, 0.2) is 0 Å². The maximum absolute atomic E-state index is 13.4. The van der Waals surface area contributed by atoms with E-state index in [1.165, 1.54) is 6.42 Å². The highest BCUT2D eigenvalue weighted by atomic mass is 19.2. The Kier molecular flexibility index (Phi) is 5.39. The minimum atomic E-state index is -1.64.